The zero-order chi connectivity index (χ0) is 59.4. The molecule has 4 saturated carbocycles. The summed E-state index contributed by atoms with van der Waals surface area (Å²) in [6.07, 6.45) is 7.79. The average Bonchev–Trinajstić information content (AvgIpc) is 1.44. The van der Waals surface area contributed by atoms with Crippen molar-refractivity contribution in [3.05, 3.63) is 88.9 Å². The number of aromatic nitrogens is 1. The number of nitrogens with two attached hydrogens (primary N) is 2. The molecule has 23 atom stereocenters. The number of aromatic amines is 1. The molecule has 14 N–H and O–H groups in total. The molecule has 10 aliphatic rings. The highest BCUT2D eigenvalue weighted by Gasteiger charge is 2.75. The second-order valence-electron chi connectivity index (χ2n) is 27.6. The van der Waals surface area contributed by atoms with Gasteiger partial charge in [0.25, 0.3) is 0 Å². The lowest BCUT2D eigenvalue weighted by atomic mass is 9.43. The van der Waals surface area contributed by atoms with Crippen LogP contribution in [0.25, 0.3) is 0 Å². The van der Waals surface area contributed by atoms with E-state index in [4.69, 9.17) is 16.2 Å². The van der Waals surface area contributed by atoms with Gasteiger partial charge in [-0.1, -0.05) is 77.3 Å². The highest BCUT2D eigenvalue weighted by Crippen LogP contribution is 2.73. The highest BCUT2D eigenvalue weighted by atomic mass is 33.1. The summed E-state index contributed by atoms with van der Waals surface area (Å²) >= 11 is 0. The zero-order valence-corrected chi connectivity index (χ0v) is 49.9. The molecule has 2 saturated heterocycles. The van der Waals surface area contributed by atoms with Crippen LogP contribution in [-0.2, 0) is 19.1 Å². The lowest BCUT2D eigenvalue weighted by Crippen LogP contribution is -2.67. The third-order valence-corrected chi connectivity index (χ3v) is 25.7. The van der Waals surface area contributed by atoms with Gasteiger partial charge in [0.05, 0.1) is 54.3 Å². The Bertz CT molecular complexity index is 3040. The number of carbonyl (C=O) groups is 3. The highest BCUT2D eigenvalue weighted by molar-refractivity contribution is 8.76. The van der Waals surface area contributed by atoms with Gasteiger partial charge in [0.1, 0.15) is 5.75 Å². The molecule has 454 valence electrons. The molecule has 23 unspecified atom stereocenters. The Hall–Kier alpha value is -4.62. The molecule has 0 amide bonds. The Balaban J connectivity index is 1.03. The number of Topliss-reactive ketones (excluding diaryl/α,β-unsaturated/α-hetero) is 2. The van der Waals surface area contributed by atoms with Crippen molar-refractivity contribution in [3.63, 3.8) is 0 Å². The molecular weight excluding hydrogens is 1110 g/mol. The third kappa shape index (κ3) is 9.91. The quantitative estimate of drug-likeness (QED) is 0.0323. The standard InChI is InChI=1S/C65H85N5O12S2/c1-32-7-8-34-22-35-11-14-42-41(45-29-82-60(79)51(45)37-16-19-68-27-37)6-4-5-36-25-65(81)54-47(15-17-64(65,18-20-69-61(66)67)58(36)63(3,80)49(74)24-44(59(77)78)50(35)52(42)43(34)21-32)62(2)26-48(73)56(75)46-31-84-83-30-38(33-9-12-39(71)13-10-33)23-40(72)28-70-55(54)57(76)53(46)62/h9-14,16,19,22,27,32,35-36,38,41-53,56,58-59,68,70-71,73-75,77-78,80-81H,5,7-8,15,17-18,20-21,23-26,28-31H2,1-3H3,(H4,66,67,69). The molecule has 12 rings (SSSR count). The first-order valence-corrected chi connectivity index (χ1v) is 33.2. The molecule has 6 bridgehead atoms. The SMILES string of the molecule is CC1CCC2=CC3C=CC4C(C5COC(=O)C5c5cc[nH]c5)C#CCC5CC6(O)C7=C8NCC(=O)CC(c9ccc(O)cc9)CSSCC9C(O)C(O)CC(C)(C7CCC6(CCN=C(N)N)C5C(C)(O)C(O)CC(C(O)O)C3C4C2C1)C9C8=O. The number of phenols is 1. The molecule has 1 aromatic heterocycles. The molecule has 84 heavy (non-hydrogen) atoms. The number of cyclic esters (lactones) is 1. The number of rotatable bonds is 7. The molecule has 2 aliphatic heterocycles. The van der Waals surface area contributed by atoms with Crippen LogP contribution in [0.5, 0.6) is 5.75 Å². The second kappa shape index (κ2) is 22.8. The number of aliphatic hydroxyl groups is 7. The molecular formula is C65H85N5O12S2. The summed E-state index contributed by atoms with van der Waals surface area (Å²) in [5.74, 6) is 0.00229. The zero-order valence-electron chi connectivity index (χ0n) is 48.3. The van der Waals surface area contributed by atoms with Gasteiger partial charge in [-0.2, -0.15) is 0 Å². The van der Waals surface area contributed by atoms with Crippen LogP contribution in [-0.4, -0.2) is 136 Å². The predicted molar refractivity (Wildman–Crippen MR) is 319 cm³/mol. The summed E-state index contributed by atoms with van der Waals surface area (Å²) < 4.78 is 5.99. The number of nitrogens with one attached hydrogen (secondary N) is 2. The Kier molecular flexibility index (Phi) is 16.2. The van der Waals surface area contributed by atoms with Crippen molar-refractivity contribution in [2.75, 3.05) is 31.2 Å². The fourth-order valence-electron chi connectivity index (χ4n) is 19.7. The van der Waals surface area contributed by atoms with E-state index in [1.165, 1.54) is 27.2 Å². The van der Waals surface area contributed by atoms with Crippen LogP contribution < -0.4 is 16.8 Å². The van der Waals surface area contributed by atoms with Gasteiger partial charge in [-0.05, 0) is 152 Å². The van der Waals surface area contributed by atoms with Crippen LogP contribution in [0.3, 0.4) is 0 Å². The Morgan fingerprint density at radius 3 is 2.46 bits per heavy atom. The number of hydrogen-bond donors (Lipinski definition) is 12. The second-order valence-corrected chi connectivity index (χ2v) is 30.1. The van der Waals surface area contributed by atoms with E-state index in [0.717, 1.165) is 30.4 Å². The lowest BCUT2D eigenvalue weighted by Gasteiger charge is -2.63. The molecule has 0 radical (unpaired) electrons. The van der Waals surface area contributed by atoms with E-state index in [2.05, 4.69) is 52.3 Å². The molecule has 3 heterocycles. The van der Waals surface area contributed by atoms with Crippen LogP contribution in [0, 0.1) is 106 Å². The van der Waals surface area contributed by atoms with Gasteiger partial charge in [-0.3, -0.25) is 19.4 Å². The summed E-state index contributed by atoms with van der Waals surface area (Å²) in [4.78, 5) is 52.2. The average molecular weight is 1190 g/mol. The molecule has 2 aromatic rings. The number of carbonyl (C=O) groups excluding carboxylic acids is 3. The van der Waals surface area contributed by atoms with Gasteiger partial charge in [0.2, 0.25) is 0 Å². The van der Waals surface area contributed by atoms with E-state index in [1.54, 1.807) is 37.4 Å². The Labute approximate surface area is 499 Å². The minimum absolute atomic E-state index is 0.0111. The van der Waals surface area contributed by atoms with E-state index >= 15 is 4.79 Å². The number of H-pyrrole nitrogens is 1. The lowest BCUT2D eigenvalue weighted by molar-refractivity contribution is -0.201. The maximum Gasteiger partial charge on any atom is 0.313 e. The minimum Gasteiger partial charge on any atom is -0.508 e. The van der Waals surface area contributed by atoms with Crippen molar-refractivity contribution in [2.24, 2.45) is 110 Å². The number of esters is 1. The number of aliphatic hydroxyl groups excluding tert-OH is 4. The van der Waals surface area contributed by atoms with Crippen molar-refractivity contribution >= 4 is 45.1 Å². The number of phenolic OH excluding ortho intramolecular Hbond substituents is 1. The van der Waals surface area contributed by atoms with Crippen LogP contribution in [0.1, 0.15) is 114 Å². The first kappa shape index (κ1) is 59.7. The number of ketones is 2. The van der Waals surface area contributed by atoms with Gasteiger partial charge in [0, 0.05) is 90.1 Å². The van der Waals surface area contributed by atoms with Crippen molar-refractivity contribution in [3.8, 4) is 17.6 Å². The van der Waals surface area contributed by atoms with Crippen molar-refractivity contribution in [1.82, 2.24) is 10.3 Å². The van der Waals surface area contributed by atoms with Gasteiger partial charge in [-0.25, -0.2) is 0 Å². The van der Waals surface area contributed by atoms with E-state index in [1.807, 2.05) is 19.2 Å². The fraction of sp³-hybridized carbons (Fsp3) is 0.662. The van der Waals surface area contributed by atoms with Crippen LogP contribution in [0.4, 0.5) is 0 Å². The number of allylic oxidation sites excluding steroid dienone is 5. The maximum absolute atomic E-state index is 16.1. The first-order valence-electron chi connectivity index (χ1n) is 30.7. The van der Waals surface area contributed by atoms with Crippen LogP contribution in [0.15, 0.2) is 82.8 Å². The van der Waals surface area contributed by atoms with E-state index in [9.17, 15) is 50.4 Å². The normalized spacial score (nSPS) is 44.7. The van der Waals surface area contributed by atoms with Crippen LogP contribution in [0.2, 0.25) is 0 Å². The van der Waals surface area contributed by atoms with Gasteiger partial charge in [0.15, 0.2) is 23.8 Å². The topological polar surface area (TPSA) is 315 Å². The van der Waals surface area contributed by atoms with Gasteiger partial charge in [-0.15, -0.1) is 5.92 Å². The molecule has 1 aromatic carbocycles. The van der Waals surface area contributed by atoms with Gasteiger partial charge >= 0.3 is 5.97 Å². The number of ether oxygens (including phenoxy) is 1. The number of fused-ring (bicyclic) bond motifs is 8. The molecule has 8 aliphatic carbocycles. The molecule has 17 nitrogen and oxygen atoms in total. The maximum atomic E-state index is 16.1. The Morgan fingerprint density at radius 1 is 0.952 bits per heavy atom. The van der Waals surface area contributed by atoms with E-state index in [0.29, 0.717) is 29.4 Å². The first-order chi connectivity index (χ1) is 40.1. The summed E-state index contributed by atoms with van der Waals surface area (Å²) in [6, 6.07) is 8.66. The third-order valence-electron chi connectivity index (χ3n) is 23.2. The molecule has 6 fully saturated rings. The number of aromatic hydroxyl groups is 1. The largest absolute Gasteiger partial charge is 0.508 e. The summed E-state index contributed by atoms with van der Waals surface area (Å²) in [5.41, 5.74) is 9.06. The van der Waals surface area contributed by atoms with Crippen molar-refractivity contribution < 1.29 is 60.0 Å². The van der Waals surface area contributed by atoms with Crippen molar-refractivity contribution in [1.29, 1.82) is 0 Å². The number of guanidine groups is 1. The number of benzene rings is 1. The van der Waals surface area contributed by atoms with Gasteiger partial charge < -0.3 is 67.4 Å². The Morgan fingerprint density at radius 2 is 1.73 bits per heavy atom. The summed E-state index contributed by atoms with van der Waals surface area (Å²) in [6.45, 7) is 5.66. The fourth-order valence-corrected chi connectivity index (χ4v) is 22.4. The number of hydrogen-bond acceptors (Lipinski definition) is 16. The molecule has 19 heteroatoms. The molecule has 0 spiro atoms. The monoisotopic (exact) mass is 1190 g/mol. The number of nitrogens with zero attached hydrogens (tertiary/aromatic N) is 1. The summed E-state index contributed by atoms with van der Waals surface area (Å²) in [5, 5.41) is 103. The van der Waals surface area contributed by atoms with Crippen LogP contribution >= 0.6 is 21.6 Å². The van der Waals surface area contributed by atoms with Crippen molar-refractivity contribution in [2.45, 2.75) is 139 Å². The van der Waals surface area contributed by atoms with E-state index in [-0.39, 0.29) is 129 Å². The van der Waals surface area contributed by atoms with E-state index < -0.39 is 106 Å². The summed E-state index contributed by atoms with van der Waals surface area (Å²) in [7, 11) is 3.02. The predicted octanol–water partition coefficient (Wildman–Crippen LogP) is 5.20. The smallest absolute Gasteiger partial charge is 0.313 e. The number of aliphatic imine (C=N–C) groups is 1. The minimum atomic E-state index is -2.08.